The standard InChI is InChI=1S/C42H33ClN4O3S/c1-28(2)51(49,50)33-23-21-29(22-24-33)37-25-44-40-39(45-37)38(46-26-35-34(41(46)48)19-12-20-36(35)43)27-47(40)42(30-13-6-3-7-14-30,31-15-8-4-9-16-31)32-17-10-5-11-18-32/h3-25,27-28H,26H2,1-2H3. The van der Waals surface area contributed by atoms with Gasteiger partial charge in [0.2, 0.25) is 0 Å². The highest BCUT2D eigenvalue weighted by Crippen LogP contribution is 2.46. The van der Waals surface area contributed by atoms with E-state index in [4.69, 9.17) is 21.6 Å². The highest BCUT2D eigenvalue weighted by Gasteiger charge is 2.42. The van der Waals surface area contributed by atoms with E-state index in [1.807, 2.05) is 60.8 Å². The van der Waals surface area contributed by atoms with Crippen molar-refractivity contribution in [2.75, 3.05) is 4.90 Å². The Hall–Kier alpha value is -5.57. The van der Waals surface area contributed by atoms with Crippen LogP contribution in [0.15, 0.2) is 151 Å². The van der Waals surface area contributed by atoms with Crippen LogP contribution in [0.4, 0.5) is 5.69 Å². The number of fused-ring (bicyclic) bond motifs is 2. The first-order chi connectivity index (χ1) is 24.7. The predicted octanol–water partition coefficient (Wildman–Crippen LogP) is 8.93. The van der Waals surface area contributed by atoms with Crippen molar-refractivity contribution in [2.24, 2.45) is 0 Å². The van der Waals surface area contributed by atoms with Gasteiger partial charge in [0.15, 0.2) is 15.5 Å². The van der Waals surface area contributed by atoms with E-state index in [-0.39, 0.29) is 17.3 Å². The fourth-order valence-corrected chi connectivity index (χ4v) is 8.39. The fraction of sp³-hybridized carbons (Fsp3) is 0.119. The SMILES string of the molecule is CC(C)S(=O)(=O)c1ccc(-c2cnc3c(n2)c(N2Cc4c(Cl)cccc4C2=O)cn3C(c2ccccc2)(c2ccccc2)c2ccccc2)cc1. The van der Waals surface area contributed by atoms with Crippen molar-refractivity contribution in [1.29, 1.82) is 0 Å². The molecule has 1 amide bonds. The molecule has 0 spiro atoms. The topological polar surface area (TPSA) is 85.2 Å². The minimum Gasteiger partial charge on any atom is -0.310 e. The summed E-state index contributed by atoms with van der Waals surface area (Å²) in [6.45, 7) is 3.61. The van der Waals surface area contributed by atoms with Crippen LogP contribution in [-0.4, -0.2) is 34.1 Å². The number of hydrogen-bond donors (Lipinski definition) is 0. The molecule has 0 bridgehead atoms. The molecule has 51 heavy (non-hydrogen) atoms. The number of benzene rings is 5. The second-order valence-electron chi connectivity index (χ2n) is 12.9. The van der Waals surface area contributed by atoms with E-state index in [0.717, 1.165) is 22.3 Å². The van der Waals surface area contributed by atoms with Gasteiger partial charge in [-0.05, 0) is 54.8 Å². The summed E-state index contributed by atoms with van der Waals surface area (Å²) in [7, 11) is -3.45. The third-order valence-corrected chi connectivity index (χ3v) is 12.2. The molecule has 0 saturated carbocycles. The van der Waals surface area contributed by atoms with E-state index >= 15 is 0 Å². The van der Waals surface area contributed by atoms with Gasteiger partial charge >= 0.3 is 0 Å². The average molecular weight is 709 g/mol. The van der Waals surface area contributed by atoms with Gasteiger partial charge in [0, 0.05) is 27.9 Å². The van der Waals surface area contributed by atoms with Crippen molar-refractivity contribution in [3.05, 3.63) is 179 Å². The molecule has 7 aromatic rings. The molecule has 1 aliphatic rings. The van der Waals surface area contributed by atoms with Crippen LogP contribution < -0.4 is 4.90 Å². The number of hydrogen-bond acceptors (Lipinski definition) is 5. The first-order valence-corrected chi connectivity index (χ1v) is 18.6. The Morgan fingerprint density at radius 2 is 1.31 bits per heavy atom. The Labute approximate surface area is 301 Å². The smallest absolute Gasteiger partial charge is 0.259 e. The molecule has 0 aliphatic carbocycles. The zero-order valence-electron chi connectivity index (χ0n) is 27.9. The highest BCUT2D eigenvalue weighted by atomic mass is 35.5. The Morgan fingerprint density at radius 3 is 1.84 bits per heavy atom. The number of sulfone groups is 1. The lowest BCUT2D eigenvalue weighted by molar-refractivity contribution is 0.0996. The Kier molecular flexibility index (Phi) is 8.08. The molecule has 0 fully saturated rings. The number of anilines is 1. The van der Waals surface area contributed by atoms with Gasteiger partial charge in [0.05, 0.1) is 34.3 Å². The number of carbonyl (C=O) groups is 1. The molecular weight excluding hydrogens is 676 g/mol. The van der Waals surface area contributed by atoms with E-state index in [9.17, 15) is 13.2 Å². The van der Waals surface area contributed by atoms with Crippen molar-refractivity contribution in [1.82, 2.24) is 14.5 Å². The maximum absolute atomic E-state index is 14.2. The fourth-order valence-electron chi connectivity index (χ4n) is 7.10. The van der Waals surface area contributed by atoms with Crippen molar-refractivity contribution in [3.8, 4) is 11.3 Å². The number of nitrogens with zero attached hydrogens (tertiary/aromatic N) is 4. The van der Waals surface area contributed by atoms with Crippen LogP contribution in [0.5, 0.6) is 0 Å². The van der Waals surface area contributed by atoms with Crippen LogP contribution in [0.2, 0.25) is 5.02 Å². The summed E-state index contributed by atoms with van der Waals surface area (Å²) in [5.74, 6) is -0.174. The summed E-state index contributed by atoms with van der Waals surface area (Å²) in [6.07, 6.45) is 3.69. The summed E-state index contributed by atoms with van der Waals surface area (Å²) < 4.78 is 27.9. The van der Waals surface area contributed by atoms with E-state index in [2.05, 4.69) is 41.0 Å². The Bertz CT molecular complexity index is 2420. The van der Waals surface area contributed by atoms with E-state index in [0.29, 0.717) is 38.7 Å². The van der Waals surface area contributed by atoms with Gasteiger partial charge in [0.25, 0.3) is 5.91 Å². The van der Waals surface area contributed by atoms with Crippen molar-refractivity contribution < 1.29 is 13.2 Å². The monoisotopic (exact) mass is 708 g/mol. The molecule has 7 nitrogen and oxygen atoms in total. The molecular formula is C42H33ClN4O3S. The van der Waals surface area contributed by atoms with Crippen LogP contribution in [-0.2, 0) is 21.9 Å². The van der Waals surface area contributed by atoms with Crippen LogP contribution >= 0.6 is 11.6 Å². The lowest BCUT2D eigenvalue weighted by atomic mass is 9.76. The molecule has 2 aromatic heterocycles. The molecule has 0 atom stereocenters. The molecule has 0 unspecified atom stereocenters. The lowest BCUT2D eigenvalue weighted by Crippen LogP contribution is -2.37. The lowest BCUT2D eigenvalue weighted by Gasteiger charge is -2.38. The minimum absolute atomic E-state index is 0.174. The third kappa shape index (κ3) is 5.25. The predicted molar refractivity (Wildman–Crippen MR) is 202 cm³/mol. The summed E-state index contributed by atoms with van der Waals surface area (Å²) in [4.78, 5) is 26.4. The summed E-state index contributed by atoms with van der Waals surface area (Å²) in [5.41, 5.74) is 6.31. The van der Waals surface area contributed by atoms with E-state index < -0.39 is 20.6 Å². The quantitative estimate of drug-likeness (QED) is 0.147. The largest absolute Gasteiger partial charge is 0.310 e. The molecule has 9 heteroatoms. The minimum atomic E-state index is -3.45. The summed E-state index contributed by atoms with van der Waals surface area (Å²) in [5, 5.41) is -0.0148. The van der Waals surface area contributed by atoms with Gasteiger partial charge in [-0.15, -0.1) is 0 Å². The maximum atomic E-state index is 14.2. The molecule has 0 N–H and O–H groups in total. The van der Waals surface area contributed by atoms with Crippen LogP contribution in [0.25, 0.3) is 22.4 Å². The Morgan fingerprint density at radius 1 is 0.745 bits per heavy atom. The van der Waals surface area contributed by atoms with Gasteiger partial charge in [-0.25, -0.2) is 18.4 Å². The molecule has 1 aliphatic heterocycles. The van der Waals surface area contributed by atoms with Crippen LogP contribution in [0.3, 0.4) is 0 Å². The molecule has 8 rings (SSSR count). The van der Waals surface area contributed by atoms with E-state index in [1.54, 1.807) is 67.4 Å². The Balaban J connectivity index is 1.42. The number of amides is 1. The van der Waals surface area contributed by atoms with Gasteiger partial charge in [0.1, 0.15) is 11.1 Å². The van der Waals surface area contributed by atoms with Gasteiger partial charge in [-0.2, -0.15) is 0 Å². The number of aromatic nitrogens is 3. The van der Waals surface area contributed by atoms with Gasteiger partial charge in [-0.1, -0.05) is 121 Å². The number of halogens is 1. The summed E-state index contributed by atoms with van der Waals surface area (Å²) in [6, 6.07) is 42.9. The van der Waals surface area contributed by atoms with Crippen LogP contribution in [0.1, 0.15) is 46.5 Å². The zero-order chi connectivity index (χ0) is 35.3. The third-order valence-electron chi connectivity index (χ3n) is 9.71. The number of carbonyl (C=O) groups excluding carboxylic acids is 1. The van der Waals surface area contributed by atoms with Crippen molar-refractivity contribution in [2.45, 2.75) is 36.1 Å². The summed E-state index contributed by atoms with van der Waals surface area (Å²) >= 11 is 6.64. The highest BCUT2D eigenvalue weighted by molar-refractivity contribution is 7.92. The number of rotatable bonds is 8. The van der Waals surface area contributed by atoms with Crippen molar-refractivity contribution >= 4 is 44.2 Å². The molecule has 0 radical (unpaired) electrons. The van der Waals surface area contributed by atoms with Gasteiger partial charge < -0.3 is 9.47 Å². The molecule has 3 heterocycles. The average Bonchev–Trinajstić information content (AvgIpc) is 3.71. The molecule has 0 saturated heterocycles. The normalized spacial score (nSPS) is 13.3. The molecule has 5 aromatic carbocycles. The molecule has 252 valence electrons. The van der Waals surface area contributed by atoms with Crippen LogP contribution in [0, 0.1) is 0 Å². The van der Waals surface area contributed by atoms with Crippen molar-refractivity contribution in [3.63, 3.8) is 0 Å². The first kappa shape index (κ1) is 32.6. The van der Waals surface area contributed by atoms with Gasteiger partial charge in [-0.3, -0.25) is 4.79 Å². The van der Waals surface area contributed by atoms with E-state index in [1.165, 1.54) is 0 Å². The second-order valence-corrected chi connectivity index (χ2v) is 15.8. The maximum Gasteiger partial charge on any atom is 0.259 e. The first-order valence-electron chi connectivity index (χ1n) is 16.7. The zero-order valence-corrected chi connectivity index (χ0v) is 29.5. The second kappa shape index (κ2) is 12.6.